The van der Waals surface area contributed by atoms with Crippen LogP contribution in [0.2, 0.25) is 0 Å². The van der Waals surface area contributed by atoms with Crippen LogP contribution in [0.25, 0.3) is 0 Å². The van der Waals surface area contributed by atoms with E-state index in [4.69, 9.17) is 4.74 Å². The Morgan fingerprint density at radius 2 is 2.60 bits per heavy atom. The van der Waals surface area contributed by atoms with E-state index in [1.54, 1.807) is 0 Å². The normalized spacial score (nSPS) is 16.9. The fourth-order valence-corrected chi connectivity index (χ4v) is 1.15. The predicted octanol–water partition coefficient (Wildman–Crippen LogP) is 0.595. The highest BCUT2D eigenvalue weighted by Crippen LogP contribution is 2.08. The molecule has 3 nitrogen and oxygen atoms in total. The second-order valence-corrected chi connectivity index (χ2v) is 2.39. The Bertz CT molecular complexity index is 218. The van der Waals surface area contributed by atoms with Crippen LogP contribution in [0.15, 0.2) is 6.20 Å². The summed E-state index contributed by atoms with van der Waals surface area (Å²) < 4.78 is 7.29. The molecule has 0 N–H and O–H groups in total. The molecule has 0 spiro atoms. The van der Waals surface area contributed by atoms with Crippen molar-refractivity contribution in [2.75, 3.05) is 6.61 Å². The molecule has 0 amide bonds. The molecule has 0 aromatic carbocycles. The third kappa shape index (κ3) is 0.827. The minimum Gasteiger partial charge on any atom is -0.372 e. The lowest BCUT2D eigenvalue weighted by molar-refractivity contribution is 0.0816. The van der Waals surface area contributed by atoms with Gasteiger partial charge in [0.1, 0.15) is 12.4 Å². The maximum Gasteiger partial charge on any atom is 0.135 e. The van der Waals surface area contributed by atoms with Gasteiger partial charge in [-0.15, -0.1) is 0 Å². The smallest absolute Gasteiger partial charge is 0.135 e. The lowest BCUT2D eigenvalue weighted by Gasteiger charge is -2.13. The van der Waals surface area contributed by atoms with Gasteiger partial charge in [-0.25, -0.2) is 4.98 Å². The SMILES string of the molecule is [CH2]c1cn2c(n1)COCC2. The monoisotopic (exact) mass is 137 g/mol. The van der Waals surface area contributed by atoms with Crippen molar-refractivity contribution in [1.29, 1.82) is 0 Å². The molecule has 2 rings (SSSR count). The fourth-order valence-electron chi connectivity index (χ4n) is 1.15. The van der Waals surface area contributed by atoms with Gasteiger partial charge in [-0.05, 0) is 6.92 Å². The summed E-state index contributed by atoms with van der Waals surface area (Å²) in [5, 5.41) is 0. The molecule has 0 aliphatic carbocycles. The maximum absolute atomic E-state index is 5.20. The van der Waals surface area contributed by atoms with Gasteiger partial charge in [-0.1, -0.05) is 0 Å². The molecule has 0 atom stereocenters. The zero-order chi connectivity index (χ0) is 6.97. The third-order valence-electron chi connectivity index (χ3n) is 1.62. The summed E-state index contributed by atoms with van der Waals surface area (Å²) in [5.74, 6) is 0.997. The van der Waals surface area contributed by atoms with Crippen molar-refractivity contribution in [3.8, 4) is 0 Å². The average Bonchev–Trinajstić information content (AvgIpc) is 2.27. The van der Waals surface area contributed by atoms with Gasteiger partial charge in [0.15, 0.2) is 0 Å². The maximum atomic E-state index is 5.20. The van der Waals surface area contributed by atoms with Crippen LogP contribution >= 0.6 is 0 Å². The number of nitrogens with zero attached hydrogens (tertiary/aromatic N) is 2. The minimum atomic E-state index is 0.634. The van der Waals surface area contributed by atoms with Crippen molar-refractivity contribution in [2.24, 2.45) is 0 Å². The molecule has 0 fully saturated rings. The van der Waals surface area contributed by atoms with Crippen LogP contribution in [0.3, 0.4) is 0 Å². The molecule has 0 unspecified atom stereocenters. The van der Waals surface area contributed by atoms with Crippen LogP contribution in [0.4, 0.5) is 0 Å². The van der Waals surface area contributed by atoms with Gasteiger partial charge >= 0.3 is 0 Å². The van der Waals surface area contributed by atoms with E-state index in [2.05, 4.69) is 16.5 Å². The largest absolute Gasteiger partial charge is 0.372 e. The first kappa shape index (κ1) is 5.92. The number of imidazole rings is 1. The molecule has 1 aromatic rings. The van der Waals surface area contributed by atoms with E-state index < -0.39 is 0 Å². The van der Waals surface area contributed by atoms with Crippen molar-refractivity contribution < 1.29 is 4.74 Å². The van der Waals surface area contributed by atoms with Crippen LogP contribution in [-0.2, 0) is 17.9 Å². The summed E-state index contributed by atoms with van der Waals surface area (Å²) in [6, 6.07) is 0. The Kier molecular flexibility index (Phi) is 1.24. The van der Waals surface area contributed by atoms with Crippen molar-refractivity contribution in [3.05, 3.63) is 24.6 Å². The highest BCUT2D eigenvalue weighted by Gasteiger charge is 2.09. The summed E-state index contributed by atoms with van der Waals surface area (Å²) in [6.07, 6.45) is 1.96. The Hall–Kier alpha value is -0.830. The van der Waals surface area contributed by atoms with E-state index in [0.717, 1.165) is 24.7 Å². The van der Waals surface area contributed by atoms with Crippen molar-refractivity contribution in [3.63, 3.8) is 0 Å². The molecule has 2 heterocycles. The summed E-state index contributed by atoms with van der Waals surface area (Å²) in [7, 11) is 0. The van der Waals surface area contributed by atoms with Crippen LogP contribution in [-0.4, -0.2) is 16.2 Å². The summed E-state index contributed by atoms with van der Waals surface area (Å²) in [6.45, 7) is 6.08. The zero-order valence-corrected chi connectivity index (χ0v) is 5.71. The van der Waals surface area contributed by atoms with Gasteiger partial charge in [-0.3, -0.25) is 0 Å². The van der Waals surface area contributed by atoms with E-state index in [0.29, 0.717) is 6.61 Å². The summed E-state index contributed by atoms with van der Waals surface area (Å²) in [4.78, 5) is 4.18. The first-order chi connectivity index (χ1) is 4.86. The number of aromatic nitrogens is 2. The molecule has 1 aliphatic heterocycles. The first-order valence-corrected chi connectivity index (χ1v) is 3.32. The zero-order valence-electron chi connectivity index (χ0n) is 5.71. The Balaban J connectivity index is 2.41. The standard InChI is InChI=1S/C7H9N2O/c1-6-4-9-2-3-10-5-7(9)8-6/h4H,1-3,5H2. The number of hydrogen-bond acceptors (Lipinski definition) is 2. The molecule has 1 radical (unpaired) electrons. The number of ether oxygens (including phenoxy) is 1. The third-order valence-corrected chi connectivity index (χ3v) is 1.62. The van der Waals surface area contributed by atoms with Gasteiger partial charge in [-0.2, -0.15) is 0 Å². The number of hydrogen-bond donors (Lipinski definition) is 0. The molecule has 0 saturated heterocycles. The van der Waals surface area contributed by atoms with E-state index >= 15 is 0 Å². The van der Waals surface area contributed by atoms with Crippen LogP contribution < -0.4 is 0 Å². The number of rotatable bonds is 0. The Morgan fingerprint density at radius 1 is 1.70 bits per heavy atom. The molecule has 0 saturated carbocycles. The topological polar surface area (TPSA) is 27.1 Å². The average molecular weight is 137 g/mol. The molecule has 3 heteroatoms. The van der Waals surface area contributed by atoms with Gasteiger partial charge in [0, 0.05) is 12.7 Å². The molecular formula is C7H9N2O. The molecule has 1 aromatic heterocycles. The van der Waals surface area contributed by atoms with Gasteiger partial charge in [0.25, 0.3) is 0 Å². The lowest BCUT2D eigenvalue weighted by Crippen LogP contribution is -2.15. The minimum absolute atomic E-state index is 0.634. The van der Waals surface area contributed by atoms with E-state index in [1.165, 1.54) is 0 Å². The quantitative estimate of drug-likeness (QED) is 0.523. The second kappa shape index (κ2) is 2.09. The van der Waals surface area contributed by atoms with Crippen molar-refractivity contribution in [2.45, 2.75) is 13.2 Å². The number of fused-ring (bicyclic) bond motifs is 1. The summed E-state index contributed by atoms with van der Waals surface area (Å²) >= 11 is 0. The second-order valence-electron chi connectivity index (χ2n) is 2.39. The molecular weight excluding hydrogens is 128 g/mol. The lowest BCUT2D eigenvalue weighted by atomic mass is 10.5. The van der Waals surface area contributed by atoms with Gasteiger partial charge < -0.3 is 9.30 Å². The highest BCUT2D eigenvalue weighted by molar-refractivity contribution is 5.07. The highest BCUT2D eigenvalue weighted by atomic mass is 16.5. The van der Waals surface area contributed by atoms with E-state index in [-0.39, 0.29) is 0 Å². The van der Waals surface area contributed by atoms with Crippen LogP contribution in [0, 0.1) is 6.92 Å². The summed E-state index contributed by atoms with van der Waals surface area (Å²) in [5.41, 5.74) is 0.834. The van der Waals surface area contributed by atoms with E-state index in [9.17, 15) is 0 Å². The molecule has 53 valence electrons. The fraction of sp³-hybridized carbons (Fsp3) is 0.429. The van der Waals surface area contributed by atoms with Crippen molar-refractivity contribution in [1.82, 2.24) is 9.55 Å². The van der Waals surface area contributed by atoms with E-state index in [1.807, 2.05) is 6.20 Å². The Labute approximate surface area is 59.6 Å². The van der Waals surface area contributed by atoms with Crippen molar-refractivity contribution >= 4 is 0 Å². The first-order valence-electron chi connectivity index (χ1n) is 3.32. The van der Waals surface area contributed by atoms with Crippen LogP contribution in [0.1, 0.15) is 11.5 Å². The Morgan fingerprint density at radius 3 is 3.40 bits per heavy atom. The molecule has 10 heavy (non-hydrogen) atoms. The van der Waals surface area contributed by atoms with Crippen LogP contribution in [0.5, 0.6) is 0 Å². The molecule has 0 bridgehead atoms. The van der Waals surface area contributed by atoms with Gasteiger partial charge in [0.05, 0.1) is 12.3 Å². The predicted molar refractivity (Wildman–Crippen MR) is 36.3 cm³/mol. The molecule has 1 aliphatic rings. The van der Waals surface area contributed by atoms with Gasteiger partial charge in [0.2, 0.25) is 0 Å².